The number of rotatable bonds is 6. The predicted octanol–water partition coefficient (Wildman–Crippen LogP) is 3.75. The van der Waals surface area contributed by atoms with Gasteiger partial charge in [0.25, 0.3) is 0 Å². The van der Waals surface area contributed by atoms with Gasteiger partial charge in [-0.3, -0.25) is 0 Å². The number of thioether (sulfide) groups is 1. The second-order valence-electron chi connectivity index (χ2n) is 5.41. The zero-order valence-corrected chi connectivity index (χ0v) is 15.8. The van der Waals surface area contributed by atoms with Crippen molar-refractivity contribution in [3.05, 3.63) is 45.9 Å². The zero-order valence-electron chi connectivity index (χ0n) is 14.3. The third-order valence-electron chi connectivity index (χ3n) is 3.93. The average molecular weight is 387 g/mol. The van der Waals surface area contributed by atoms with Crippen molar-refractivity contribution in [2.24, 2.45) is 0 Å². The van der Waals surface area contributed by atoms with E-state index in [1.54, 1.807) is 18.7 Å². The summed E-state index contributed by atoms with van der Waals surface area (Å²) in [7, 11) is 1.53. The van der Waals surface area contributed by atoms with Gasteiger partial charge in [-0.25, -0.2) is 14.0 Å². The highest BCUT2D eigenvalue weighted by atomic mass is 35.5. The first kappa shape index (κ1) is 19.6. The van der Waals surface area contributed by atoms with Crippen LogP contribution in [0.25, 0.3) is 0 Å². The van der Waals surface area contributed by atoms with Crippen LogP contribution >= 0.6 is 23.4 Å². The van der Waals surface area contributed by atoms with Gasteiger partial charge in [0.05, 0.1) is 11.6 Å². The molecule has 1 unspecified atom stereocenters. The van der Waals surface area contributed by atoms with E-state index in [2.05, 4.69) is 5.32 Å². The highest BCUT2D eigenvalue weighted by molar-refractivity contribution is 7.99. The molecular weight excluding hydrogens is 367 g/mol. The molecule has 1 heterocycles. The summed E-state index contributed by atoms with van der Waals surface area (Å²) in [5, 5.41) is 2.76. The molecular formula is C17H20ClFN2O3S. The number of esters is 1. The van der Waals surface area contributed by atoms with E-state index in [4.69, 9.17) is 16.3 Å². The average Bonchev–Trinajstić information content (AvgIpc) is 2.56. The van der Waals surface area contributed by atoms with Gasteiger partial charge in [-0.2, -0.15) is 11.8 Å². The van der Waals surface area contributed by atoms with Crippen molar-refractivity contribution < 1.29 is 18.7 Å². The molecule has 1 N–H and O–H groups in total. The second kappa shape index (κ2) is 8.58. The monoisotopic (exact) mass is 386 g/mol. The van der Waals surface area contributed by atoms with E-state index in [1.165, 1.54) is 30.1 Å². The standard InChI is InChI=1S/C17H20ClFN2O3S/c1-4-25-9-8-24-16(22)13-10(2)21(3)17(23)20-15(13)14-11(18)6-5-7-12(14)19/h5-7,15H,4,8-9H2,1-3H3,(H,20,23). The molecule has 1 aromatic carbocycles. The van der Waals surface area contributed by atoms with Crippen LogP contribution in [0.3, 0.4) is 0 Å². The molecule has 5 nitrogen and oxygen atoms in total. The van der Waals surface area contributed by atoms with Crippen LogP contribution in [0.15, 0.2) is 29.5 Å². The third kappa shape index (κ3) is 4.27. The number of amides is 2. The van der Waals surface area contributed by atoms with Crippen LogP contribution in [0, 0.1) is 5.82 Å². The largest absolute Gasteiger partial charge is 0.461 e. The van der Waals surface area contributed by atoms with E-state index < -0.39 is 23.9 Å². The molecule has 1 aliphatic rings. The Bertz CT molecular complexity index is 691. The molecule has 1 aliphatic heterocycles. The van der Waals surface area contributed by atoms with Gasteiger partial charge in [0.2, 0.25) is 0 Å². The highest BCUT2D eigenvalue weighted by Crippen LogP contribution is 2.35. The molecule has 0 bridgehead atoms. The summed E-state index contributed by atoms with van der Waals surface area (Å²) in [5.74, 6) is 0.403. The number of nitrogens with zero attached hydrogens (tertiary/aromatic N) is 1. The van der Waals surface area contributed by atoms with Gasteiger partial charge in [0, 0.05) is 29.1 Å². The van der Waals surface area contributed by atoms with Gasteiger partial charge in [0.1, 0.15) is 12.4 Å². The van der Waals surface area contributed by atoms with E-state index in [0.29, 0.717) is 11.4 Å². The van der Waals surface area contributed by atoms with Crippen molar-refractivity contribution in [3.8, 4) is 0 Å². The SMILES string of the molecule is CCSCCOC(=O)C1=C(C)N(C)C(=O)NC1c1c(F)cccc1Cl. The third-order valence-corrected chi connectivity index (χ3v) is 5.12. The first-order valence-corrected chi connectivity index (χ1v) is 9.35. The van der Waals surface area contributed by atoms with Gasteiger partial charge in [-0.15, -0.1) is 0 Å². The molecule has 0 aromatic heterocycles. The Morgan fingerprint density at radius 2 is 2.20 bits per heavy atom. The van der Waals surface area contributed by atoms with Gasteiger partial charge >= 0.3 is 12.0 Å². The van der Waals surface area contributed by atoms with Crippen molar-refractivity contribution >= 4 is 35.4 Å². The molecule has 8 heteroatoms. The Balaban J connectivity index is 2.39. The lowest BCUT2D eigenvalue weighted by Crippen LogP contribution is -2.46. The maximum absolute atomic E-state index is 14.3. The predicted molar refractivity (Wildman–Crippen MR) is 97.1 cm³/mol. The Morgan fingerprint density at radius 3 is 2.84 bits per heavy atom. The molecule has 1 aromatic rings. The molecule has 0 spiro atoms. The summed E-state index contributed by atoms with van der Waals surface area (Å²) in [5.41, 5.74) is 0.636. The Morgan fingerprint density at radius 1 is 1.48 bits per heavy atom. The minimum atomic E-state index is -0.997. The van der Waals surface area contributed by atoms with Crippen LogP contribution < -0.4 is 5.32 Å². The van der Waals surface area contributed by atoms with Crippen molar-refractivity contribution in [1.82, 2.24) is 10.2 Å². The molecule has 0 fully saturated rings. The lowest BCUT2D eigenvalue weighted by Gasteiger charge is -2.33. The number of hydrogen-bond acceptors (Lipinski definition) is 4. The molecule has 0 radical (unpaired) electrons. The molecule has 136 valence electrons. The van der Waals surface area contributed by atoms with E-state index in [1.807, 2.05) is 6.92 Å². The molecule has 0 saturated carbocycles. The van der Waals surface area contributed by atoms with Crippen LogP contribution in [0.2, 0.25) is 5.02 Å². The minimum Gasteiger partial charge on any atom is -0.461 e. The number of carbonyl (C=O) groups is 2. The van der Waals surface area contributed by atoms with Crippen molar-refractivity contribution in [2.75, 3.05) is 25.2 Å². The van der Waals surface area contributed by atoms with Crippen LogP contribution in [-0.2, 0) is 9.53 Å². The van der Waals surface area contributed by atoms with Gasteiger partial charge in [0.15, 0.2) is 0 Å². The molecule has 1 atom stereocenters. The maximum atomic E-state index is 14.3. The van der Waals surface area contributed by atoms with E-state index in [9.17, 15) is 14.0 Å². The number of halogens is 2. The van der Waals surface area contributed by atoms with E-state index in [-0.39, 0.29) is 22.8 Å². The smallest absolute Gasteiger partial charge is 0.338 e. The van der Waals surface area contributed by atoms with E-state index >= 15 is 0 Å². The quantitative estimate of drug-likeness (QED) is 0.597. The number of urea groups is 1. The molecule has 0 saturated heterocycles. The first-order valence-electron chi connectivity index (χ1n) is 7.82. The molecule has 2 rings (SSSR count). The summed E-state index contributed by atoms with van der Waals surface area (Å²) in [4.78, 5) is 26.0. The second-order valence-corrected chi connectivity index (χ2v) is 7.21. The summed E-state index contributed by atoms with van der Waals surface area (Å²) in [6.07, 6.45) is 0. The lowest BCUT2D eigenvalue weighted by molar-refractivity contribution is -0.139. The summed E-state index contributed by atoms with van der Waals surface area (Å²) < 4.78 is 19.7. The first-order chi connectivity index (χ1) is 11.9. The zero-order chi connectivity index (χ0) is 18.6. The Labute approximate surface area is 155 Å². The lowest BCUT2D eigenvalue weighted by atomic mass is 9.94. The van der Waals surface area contributed by atoms with Crippen LogP contribution in [0.1, 0.15) is 25.5 Å². The number of allylic oxidation sites excluding steroid dienone is 1. The topological polar surface area (TPSA) is 58.6 Å². The van der Waals surface area contributed by atoms with Crippen molar-refractivity contribution in [2.45, 2.75) is 19.9 Å². The number of ether oxygens (including phenoxy) is 1. The van der Waals surface area contributed by atoms with E-state index in [0.717, 1.165) is 5.75 Å². The Kier molecular flexibility index (Phi) is 6.72. The highest BCUT2D eigenvalue weighted by Gasteiger charge is 2.37. The number of nitrogens with one attached hydrogen (secondary N) is 1. The fraction of sp³-hybridized carbons (Fsp3) is 0.412. The molecule has 0 aliphatic carbocycles. The van der Waals surface area contributed by atoms with Gasteiger partial charge in [-0.05, 0) is 24.8 Å². The Hall–Kier alpha value is -1.73. The number of hydrogen-bond donors (Lipinski definition) is 1. The normalized spacial score (nSPS) is 17.6. The van der Waals surface area contributed by atoms with Crippen LogP contribution in [0.5, 0.6) is 0 Å². The minimum absolute atomic E-state index is 0.0554. The summed E-state index contributed by atoms with van der Waals surface area (Å²) >= 11 is 7.77. The summed E-state index contributed by atoms with van der Waals surface area (Å²) in [6.45, 7) is 3.88. The van der Waals surface area contributed by atoms with Crippen molar-refractivity contribution in [3.63, 3.8) is 0 Å². The summed E-state index contributed by atoms with van der Waals surface area (Å²) in [6, 6.07) is 2.78. The maximum Gasteiger partial charge on any atom is 0.338 e. The van der Waals surface area contributed by atoms with Gasteiger partial charge in [-0.1, -0.05) is 24.6 Å². The van der Waals surface area contributed by atoms with Gasteiger partial charge < -0.3 is 15.0 Å². The number of carbonyl (C=O) groups excluding carboxylic acids is 2. The fourth-order valence-electron chi connectivity index (χ4n) is 2.52. The molecule has 2 amide bonds. The van der Waals surface area contributed by atoms with Crippen LogP contribution in [-0.4, -0.2) is 42.1 Å². The molecule has 25 heavy (non-hydrogen) atoms. The number of benzene rings is 1. The fourth-order valence-corrected chi connectivity index (χ4v) is 3.28. The van der Waals surface area contributed by atoms with Crippen LogP contribution in [0.4, 0.5) is 9.18 Å². The van der Waals surface area contributed by atoms with Crippen molar-refractivity contribution in [1.29, 1.82) is 0 Å².